The summed E-state index contributed by atoms with van der Waals surface area (Å²) in [6.45, 7) is 17.3. The zero-order valence-corrected chi connectivity index (χ0v) is 21.0. The Balaban J connectivity index is 2.67. The van der Waals surface area contributed by atoms with Gasteiger partial charge in [-0.1, -0.05) is 51.1 Å². The number of carbonyl (C=O) groups excluding carboxylic acids is 2. The van der Waals surface area contributed by atoms with Crippen molar-refractivity contribution in [2.75, 3.05) is 6.61 Å². The summed E-state index contributed by atoms with van der Waals surface area (Å²) in [7, 11) is -2.06. The van der Waals surface area contributed by atoms with Gasteiger partial charge in [-0.25, -0.2) is 0 Å². The molecule has 1 aromatic carbocycles. The lowest BCUT2D eigenvalue weighted by Gasteiger charge is -2.39. The van der Waals surface area contributed by atoms with Crippen molar-refractivity contribution in [1.82, 2.24) is 0 Å². The van der Waals surface area contributed by atoms with Crippen LogP contribution in [0.3, 0.4) is 0 Å². The normalized spacial score (nSPS) is 13.7. The molecule has 0 saturated carbocycles. The smallest absolute Gasteiger partial charge is 0.313 e. The first kappa shape index (κ1) is 26.5. The number of Topliss-reactive ketones (excluding diaryl/α,β-unsaturated/α-hetero) is 1. The minimum absolute atomic E-state index is 0.0321. The number of ether oxygens (including phenoxy) is 2. The van der Waals surface area contributed by atoms with Crippen molar-refractivity contribution in [1.29, 1.82) is 0 Å². The van der Waals surface area contributed by atoms with E-state index in [1.807, 2.05) is 30.3 Å². The van der Waals surface area contributed by atoms with Crippen molar-refractivity contribution in [3.8, 4) is 0 Å². The van der Waals surface area contributed by atoms with Crippen LogP contribution in [0.15, 0.2) is 30.3 Å². The molecule has 0 spiro atoms. The fraction of sp³-hybridized carbons (Fsp3) is 0.667. The minimum atomic E-state index is -2.06. The lowest BCUT2D eigenvalue weighted by Crippen LogP contribution is -2.44. The Labute approximate surface area is 183 Å². The van der Waals surface area contributed by atoms with Crippen LogP contribution >= 0.6 is 0 Å². The first-order valence-corrected chi connectivity index (χ1v) is 13.6. The fourth-order valence-electron chi connectivity index (χ4n) is 2.64. The third-order valence-electron chi connectivity index (χ3n) is 5.18. The van der Waals surface area contributed by atoms with Gasteiger partial charge in [-0.3, -0.25) is 9.59 Å². The average Bonchev–Trinajstić information content (AvgIpc) is 2.56. The highest BCUT2D eigenvalue weighted by molar-refractivity contribution is 6.74. The maximum absolute atomic E-state index is 12.5. The zero-order valence-electron chi connectivity index (χ0n) is 20.0. The number of benzene rings is 1. The fourth-order valence-corrected chi connectivity index (χ4v) is 4.03. The van der Waals surface area contributed by atoms with Crippen LogP contribution in [0, 0.1) is 0 Å². The summed E-state index contributed by atoms with van der Waals surface area (Å²) in [5, 5.41) is 0.0321. The van der Waals surface area contributed by atoms with Gasteiger partial charge in [0.2, 0.25) is 0 Å². The molecule has 1 rings (SSSR count). The van der Waals surface area contributed by atoms with Crippen molar-refractivity contribution in [2.24, 2.45) is 0 Å². The van der Waals surface area contributed by atoms with Crippen LogP contribution in [-0.2, 0) is 30.1 Å². The van der Waals surface area contributed by atoms with E-state index in [0.717, 1.165) is 5.56 Å². The molecular weight excluding hydrogens is 396 g/mol. The van der Waals surface area contributed by atoms with Crippen molar-refractivity contribution in [3.05, 3.63) is 35.9 Å². The molecule has 1 atom stereocenters. The van der Waals surface area contributed by atoms with Crippen molar-refractivity contribution in [3.63, 3.8) is 0 Å². The molecule has 5 nitrogen and oxygen atoms in total. The third kappa shape index (κ3) is 10.5. The van der Waals surface area contributed by atoms with Gasteiger partial charge in [0.05, 0.1) is 12.7 Å². The van der Waals surface area contributed by atoms with Crippen molar-refractivity contribution < 1.29 is 23.5 Å². The summed E-state index contributed by atoms with van der Waals surface area (Å²) in [6, 6.07) is 9.99. The van der Waals surface area contributed by atoms with Crippen LogP contribution in [0.25, 0.3) is 0 Å². The van der Waals surface area contributed by atoms with Gasteiger partial charge in [-0.15, -0.1) is 0 Å². The predicted molar refractivity (Wildman–Crippen MR) is 123 cm³/mol. The van der Waals surface area contributed by atoms with E-state index < -0.39 is 19.9 Å². The molecule has 0 aliphatic carbocycles. The molecule has 6 heteroatoms. The Morgan fingerprint density at radius 2 is 1.60 bits per heavy atom. The molecule has 30 heavy (non-hydrogen) atoms. The topological polar surface area (TPSA) is 61.8 Å². The van der Waals surface area contributed by atoms with Crippen molar-refractivity contribution in [2.45, 2.75) is 97.2 Å². The van der Waals surface area contributed by atoms with Crippen LogP contribution in [0.1, 0.15) is 66.4 Å². The standard InChI is InChI=1S/C24H40O5Si/c1-23(2,3)28-22(26)17-20(25)16-21(29-30(7,8)24(4,5)6)14-15-27-18-19-12-10-9-11-13-19/h9-13,21H,14-18H2,1-8H3. The number of hydrogen-bond donors (Lipinski definition) is 0. The van der Waals surface area contributed by atoms with Crippen LogP contribution in [0.5, 0.6) is 0 Å². The lowest BCUT2D eigenvalue weighted by molar-refractivity contribution is -0.156. The Kier molecular flexibility index (Phi) is 9.91. The molecule has 0 N–H and O–H groups in total. The second-order valence-corrected chi connectivity index (χ2v) is 15.1. The molecule has 0 aliphatic rings. The number of esters is 1. The largest absolute Gasteiger partial charge is 0.460 e. The van der Waals surface area contributed by atoms with E-state index >= 15 is 0 Å². The van der Waals surface area contributed by atoms with E-state index in [-0.39, 0.29) is 29.8 Å². The Hall–Kier alpha value is -1.50. The molecule has 0 radical (unpaired) electrons. The molecule has 170 valence electrons. The Bertz CT molecular complexity index is 671. The zero-order chi connectivity index (χ0) is 23.0. The van der Waals surface area contributed by atoms with Gasteiger partial charge in [-0.2, -0.15) is 0 Å². The molecule has 0 heterocycles. The highest BCUT2D eigenvalue weighted by Gasteiger charge is 2.39. The Morgan fingerprint density at radius 3 is 2.13 bits per heavy atom. The summed E-state index contributed by atoms with van der Waals surface area (Å²) in [5.41, 5.74) is 0.514. The summed E-state index contributed by atoms with van der Waals surface area (Å²) in [4.78, 5) is 24.5. The van der Waals surface area contributed by atoms with E-state index in [9.17, 15) is 9.59 Å². The van der Waals surface area contributed by atoms with Gasteiger partial charge in [0.25, 0.3) is 0 Å². The molecule has 0 aliphatic heterocycles. The quantitative estimate of drug-likeness (QED) is 0.193. The molecule has 1 unspecified atom stereocenters. The van der Waals surface area contributed by atoms with Gasteiger partial charge < -0.3 is 13.9 Å². The number of rotatable bonds is 11. The maximum Gasteiger partial charge on any atom is 0.313 e. The van der Waals surface area contributed by atoms with E-state index in [2.05, 4.69) is 33.9 Å². The van der Waals surface area contributed by atoms with Crippen LogP contribution in [0.4, 0.5) is 0 Å². The molecule has 0 fully saturated rings. The predicted octanol–water partition coefficient (Wildman–Crippen LogP) is 5.67. The van der Waals surface area contributed by atoms with E-state index in [4.69, 9.17) is 13.9 Å². The molecule has 0 saturated heterocycles. The number of carbonyl (C=O) groups is 2. The first-order valence-electron chi connectivity index (χ1n) is 10.7. The molecule has 0 bridgehead atoms. The molecule has 0 amide bonds. The number of hydrogen-bond acceptors (Lipinski definition) is 5. The van der Waals surface area contributed by atoms with Gasteiger partial charge >= 0.3 is 5.97 Å². The molecule has 1 aromatic rings. The summed E-state index contributed by atoms with van der Waals surface area (Å²) in [6.07, 6.45) is 0.316. The molecule has 0 aromatic heterocycles. The van der Waals surface area contributed by atoms with Gasteiger partial charge in [0, 0.05) is 13.0 Å². The second kappa shape index (κ2) is 11.2. The summed E-state index contributed by atoms with van der Waals surface area (Å²) < 4.78 is 17.6. The van der Waals surface area contributed by atoms with Crippen LogP contribution in [0.2, 0.25) is 18.1 Å². The summed E-state index contributed by atoms with van der Waals surface area (Å²) >= 11 is 0. The highest BCUT2D eigenvalue weighted by atomic mass is 28.4. The SMILES string of the molecule is CC(C)(C)OC(=O)CC(=O)CC(CCOCc1ccccc1)O[Si](C)(C)C(C)(C)C. The van der Waals surface area contributed by atoms with E-state index in [1.165, 1.54) is 0 Å². The maximum atomic E-state index is 12.5. The first-order chi connectivity index (χ1) is 13.7. The van der Waals surface area contributed by atoms with E-state index in [1.54, 1.807) is 20.8 Å². The molecular formula is C24H40O5Si. The van der Waals surface area contributed by atoms with Crippen molar-refractivity contribution >= 4 is 20.1 Å². The van der Waals surface area contributed by atoms with Crippen LogP contribution < -0.4 is 0 Å². The van der Waals surface area contributed by atoms with Gasteiger partial charge in [-0.05, 0) is 50.9 Å². The average molecular weight is 437 g/mol. The van der Waals surface area contributed by atoms with Gasteiger partial charge in [0.15, 0.2) is 8.32 Å². The monoisotopic (exact) mass is 436 g/mol. The summed E-state index contributed by atoms with van der Waals surface area (Å²) in [5.74, 6) is -0.644. The Morgan fingerprint density at radius 1 is 1.00 bits per heavy atom. The van der Waals surface area contributed by atoms with E-state index in [0.29, 0.717) is 19.6 Å². The second-order valence-electron chi connectivity index (χ2n) is 10.3. The minimum Gasteiger partial charge on any atom is -0.460 e. The number of ketones is 1. The highest BCUT2D eigenvalue weighted by Crippen LogP contribution is 2.38. The lowest BCUT2D eigenvalue weighted by atomic mass is 10.1. The third-order valence-corrected chi connectivity index (χ3v) is 9.72. The van der Waals surface area contributed by atoms with Crippen LogP contribution in [-0.4, -0.2) is 38.4 Å². The van der Waals surface area contributed by atoms with Gasteiger partial charge in [0.1, 0.15) is 17.8 Å².